The average Bonchev–Trinajstić information content (AvgIpc) is 3.48. The van der Waals surface area contributed by atoms with Crippen LogP contribution in [0.3, 0.4) is 0 Å². The summed E-state index contributed by atoms with van der Waals surface area (Å²) in [7, 11) is -9.89. The van der Waals surface area contributed by atoms with Crippen LogP contribution in [-0.4, -0.2) is 96.7 Å². The Balaban J connectivity index is 5.26. The smallest absolute Gasteiger partial charge is 0.462 e. The van der Waals surface area contributed by atoms with Crippen LogP contribution in [0.15, 0.2) is 0 Å². The molecular formula is C66H128O17P2. The molecule has 0 bridgehead atoms. The quantitative estimate of drug-likeness (QED) is 0.0222. The van der Waals surface area contributed by atoms with Crippen LogP contribution in [0.1, 0.15) is 319 Å². The number of aliphatic hydroxyl groups is 1. The maximum absolute atomic E-state index is 13.0. The molecule has 0 saturated carbocycles. The van der Waals surface area contributed by atoms with Crippen LogP contribution in [0.25, 0.3) is 0 Å². The highest BCUT2D eigenvalue weighted by molar-refractivity contribution is 7.47. The summed E-state index contributed by atoms with van der Waals surface area (Å²) in [4.78, 5) is 72.3. The van der Waals surface area contributed by atoms with Crippen molar-refractivity contribution in [2.24, 2.45) is 23.7 Å². The summed E-state index contributed by atoms with van der Waals surface area (Å²) >= 11 is 0. The third-order valence-electron chi connectivity index (χ3n) is 16.2. The van der Waals surface area contributed by atoms with Crippen molar-refractivity contribution < 1.29 is 80.2 Å². The van der Waals surface area contributed by atoms with Crippen molar-refractivity contribution in [3.05, 3.63) is 0 Å². The van der Waals surface area contributed by atoms with Gasteiger partial charge in [0, 0.05) is 25.7 Å². The summed E-state index contributed by atoms with van der Waals surface area (Å²) in [5.41, 5.74) is 0. The van der Waals surface area contributed by atoms with Crippen molar-refractivity contribution >= 4 is 39.5 Å². The van der Waals surface area contributed by atoms with Crippen molar-refractivity contribution in [1.29, 1.82) is 0 Å². The van der Waals surface area contributed by atoms with Gasteiger partial charge in [-0.25, -0.2) is 9.13 Å². The average molecular weight is 1260 g/mol. The minimum Gasteiger partial charge on any atom is -0.462 e. The number of phosphoric acid groups is 2. The van der Waals surface area contributed by atoms with Gasteiger partial charge in [-0.3, -0.25) is 37.3 Å². The fourth-order valence-corrected chi connectivity index (χ4v) is 11.3. The molecule has 0 aliphatic heterocycles. The van der Waals surface area contributed by atoms with Gasteiger partial charge in [0.25, 0.3) is 0 Å². The first kappa shape index (κ1) is 83.1. The standard InChI is InChI=1S/C66H128O17P2/c1-9-57(6)43-35-27-18-14-12-13-15-20-32-40-48-65(70)82-62(53-77-64(69)47-39-31-25-23-29-37-45-59(8)11-3)55-81-85(74,75)79-51-60(67)50-78-84(72,73)80-54-61(52-76-63(68)46-38-30-24-22-26-34-42-56(4)5)83-66(71)49-41-33-21-17-16-19-28-36-44-58(7)10-2/h56-62,67H,9-55H2,1-8H3,(H,72,73)(H,74,75)/t57?,58?,59?,60-,61-,62-/m1/s1. The lowest BCUT2D eigenvalue weighted by molar-refractivity contribution is -0.161. The Morgan fingerprint density at radius 3 is 0.835 bits per heavy atom. The van der Waals surface area contributed by atoms with Crippen molar-refractivity contribution in [3.8, 4) is 0 Å². The first-order chi connectivity index (χ1) is 40.7. The van der Waals surface area contributed by atoms with E-state index in [9.17, 15) is 43.2 Å². The molecule has 0 heterocycles. The zero-order chi connectivity index (χ0) is 63.2. The van der Waals surface area contributed by atoms with Crippen molar-refractivity contribution in [2.45, 2.75) is 337 Å². The molecule has 3 N–H and O–H groups in total. The van der Waals surface area contributed by atoms with Gasteiger partial charge < -0.3 is 33.8 Å². The molecule has 85 heavy (non-hydrogen) atoms. The molecule has 0 radical (unpaired) electrons. The summed E-state index contributed by atoms with van der Waals surface area (Å²) < 4.78 is 68.1. The fourth-order valence-electron chi connectivity index (χ4n) is 9.69. The van der Waals surface area contributed by atoms with Gasteiger partial charge in [0.1, 0.15) is 19.3 Å². The predicted octanol–water partition coefficient (Wildman–Crippen LogP) is 18.1. The number of carbonyl (C=O) groups excluding carboxylic acids is 4. The Morgan fingerprint density at radius 1 is 0.329 bits per heavy atom. The van der Waals surface area contributed by atoms with E-state index in [-0.39, 0.29) is 25.7 Å². The molecule has 17 nitrogen and oxygen atoms in total. The Hall–Kier alpha value is -1.94. The van der Waals surface area contributed by atoms with Gasteiger partial charge in [-0.2, -0.15) is 0 Å². The van der Waals surface area contributed by atoms with Crippen LogP contribution in [0.4, 0.5) is 0 Å². The van der Waals surface area contributed by atoms with Crippen LogP contribution in [0, 0.1) is 23.7 Å². The molecule has 504 valence electrons. The van der Waals surface area contributed by atoms with Gasteiger partial charge >= 0.3 is 39.5 Å². The summed E-state index contributed by atoms with van der Waals surface area (Å²) in [6.07, 6.45) is 36.2. The molecule has 0 aromatic rings. The summed E-state index contributed by atoms with van der Waals surface area (Å²) in [5.74, 6) is 0.844. The first-order valence-corrected chi connectivity index (χ1v) is 37.3. The Morgan fingerprint density at radius 2 is 0.565 bits per heavy atom. The number of hydrogen-bond acceptors (Lipinski definition) is 15. The molecule has 0 aliphatic rings. The van der Waals surface area contributed by atoms with Crippen LogP contribution < -0.4 is 0 Å². The largest absolute Gasteiger partial charge is 0.472 e. The monoisotopic (exact) mass is 1250 g/mol. The molecule has 8 atom stereocenters. The van der Waals surface area contributed by atoms with E-state index >= 15 is 0 Å². The van der Waals surface area contributed by atoms with E-state index in [1.54, 1.807) is 0 Å². The van der Waals surface area contributed by atoms with Crippen LogP contribution in [0.2, 0.25) is 0 Å². The lowest BCUT2D eigenvalue weighted by atomic mass is 9.99. The highest BCUT2D eigenvalue weighted by atomic mass is 31.2. The number of ether oxygens (including phenoxy) is 4. The predicted molar refractivity (Wildman–Crippen MR) is 340 cm³/mol. The lowest BCUT2D eigenvalue weighted by Gasteiger charge is -2.21. The SMILES string of the molecule is CCC(C)CCCCCCCCCCCCC(=O)O[C@H](COC(=O)CCCCCCCCC(C)CC)COP(=O)(O)OC[C@H](O)COP(=O)(O)OC[C@@H](COC(=O)CCCCCCCCC(C)C)OC(=O)CCCCCCCCCCC(C)CC. The van der Waals surface area contributed by atoms with E-state index in [1.807, 2.05) is 0 Å². The maximum atomic E-state index is 13.0. The third kappa shape index (κ3) is 57.0. The molecule has 0 aromatic carbocycles. The van der Waals surface area contributed by atoms with Crippen molar-refractivity contribution in [3.63, 3.8) is 0 Å². The molecule has 0 fully saturated rings. The second-order valence-electron chi connectivity index (χ2n) is 25.1. The van der Waals surface area contributed by atoms with Crippen molar-refractivity contribution in [1.82, 2.24) is 0 Å². The van der Waals surface area contributed by atoms with Crippen LogP contribution >= 0.6 is 15.6 Å². The normalized spacial score (nSPS) is 15.3. The number of unbranched alkanes of at least 4 members (excludes halogenated alkanes) is 26. The number of esters is 4. The molecule has 0 rings (SSSR count). The minimum absolute atomic E-state index is 0.103. The summed E-state index contributed by atoms with van der Waals surface area (Å²) in [5, 5.41) is 10.6. The van der Waals surface area contributed by atoms with E-state index in [4.69, 9.17) is 37.0 Å². The van der Waals surface area contributed by atoms with Gasteiger partial charge in [0.15, 0.2) is 12.2 Å². The van der Waals surface area contributed by atoms with E-state index in [0.717, 1.165) is 120 Å². The topological polar surface area (TPSA) is 237 Å². The minimum atomic E-state index is -4.95. The van der Waals surface area contributed by atoms with Gasteiger partial charge in [0.2, 0.25) is 0 Å². The van der Waals surface area contributed by atoms with E-state index in [2.05, 4.69) is 55.4 Å². The van der Waals surface area contributed by atoms with Gasteiger partial charge in [-0.05, 0) is 49.4 Å². The molecule has 19 heteroatoms. The van der Waals surface area contributed by atoms with Gasteiger partial charge in [0.05, 0.1) is 26.4 Å². The molecular weight excluding hydrogens is 1130 g/mol. The highest BCUT2D eigenvalue weighted by Crippen LogP contribution is 2.45. The molecule has 0 spiro atoms. The molecule has 5 unspecified atom stereocenters. The highest BCUT2D eigenvalue weighted by Gasteiger charge is 2.30. The van der Waals surface area contributed by atoms with E-state index < -0.39 is 97.5 Å². The Kier molecular flexibility index (Phi) is 54.8. The third-order valence-corrected chi connectivity index (χ3v) is 18.1. The van der Waals surface area contributed by atoms with Gasteiger partial charge in [-0.15, -0.1) is 0 Å². The Bertz CT molecular complexity index is 1700. The maximum Gasteiger partial charge on any atom is 0.472 e. The molecule has 0 aromatic heterocycles. The first-order valence-electron chi connectivity index (χ1n) is 34.3. The molecule has 0 aliphatic carbocycles. The number of hydrogen-bond donors (Lipinski definition) is 3. The van der Waals surface area contributed by atoms with Gasteiger partial charge in [-0.1, -0.05) is 267 Å². The van der Waals surface area contributed by atoms with Crippen LogP contribution in [-0.2, 0) is 65.4 Å². The zero-order valence-corrected chi connectivity index (χ0v) is 57.0. The van der Waals surface area contributed by atoms with E-state index in [1.165, 1.54) is 109 Å². The lowest BCUT2D eigenvalue weighted by Crippen LogP contribution is -2.30. The number of aliphatic hydroxyl groups excluding tert-OH is 1. The molecule has 0 amide bonds. The van der Waals surface area contributed by atoms with E-state index in [0.29, 0.717) is 31.6 Å². The van der Waals surface area contributed by atoms with Crippen LogP contribution in [0.5, 0.6) is 0 Å². The zero-order valence-electron chi connectivity index (χ0n) is 55.2. The molecule has 0 saturated heterocycles. The van der Waals surface area contributed by atoms with Crippen molar-refractivity contribution in [2.75, 3.05) is 39.6 Å². The number of carbonyl (C=O) groups is 4. The second kappa shape index (κ2) is 56.1. The number of rotatable bonds is 63. The number of phosphoric ester groups is 2. The summed E-state index contributed by atoms with van der Waals surface area (Å²) in [6, 6.07) is 0. The summed E-state index contributed by atoms with van der Waals surface area (Å²) in [6.45, 7) is 14.0. The fraction of sp³-hybridized carbons (Fsp3) is 0.939. The Labute approximate surface area is 517 Å². The second-order valence-corrected chi connectivity index (χ2v) is 28.0.